The van der Waals surface area contributed by atoms with Crippen molar-refractivity contribution in [3.05, 3.63) is 47.9 Å². The van der Waals surface area contributed by atoms with Crippen molar-refractivity contribution >= 4 is 11.5 Å². The van der Waals surface area contributed by atoms with Gasteiger partial charge in [-0.25, -0.2) is 4.98 Å². The molecule has 3 rings (SSSR count). The van der Waals surface area contributed by atoms with Crippen LogP contribution in [0.25, 0.3) is 0 Å². The summed E-state index contributed by atoms with van der Waals surface area (Å²) in [5, 5.41) is 3.39. The first-order valence-corrected chi connectivity index (χ1v) is 7.69. The van der Waals surface area contributed by atoms with Crippen LogP contribution in [0.5, 0.6) is 0 Å². The number of hydrogen-bond acceptors (Lipinski definition) is 5. The lowest BCUT2D eigenvalue weighted by Crippen LogP contribution is -2.41. The lowest BCUT2D eigenvalue weighted by atomic mass is 10.2. The number of aryl methyl sites for hydroxylation is 1. The van der Waals surface area contributed by atoms with Crippen molar-refractivity contribution in [3.63, 3.8) is 0 Å². The van der Waals surface area contributed by atoms with Crippen LogP contribution in [-0.2, 0) is 11.3 Å². The number of aromatic nitrogens is 2. The highest BCUT2D eigenvalue weighted by Crippen LogP contribution is 2.16. The first-order chi connectivity index (χ1) is 10.7. The third-order valence-electron chi connectivity index (χ3n) is 3.77. The van der Waals surface area contributed by atoms with E-state index in [-0.39, 0.29) is 6.10 Å². The number of anilines is 2. The molecule has 1 aliphatic rings. The smallest absolute Gasteiger partial charge is 0.128 e. The quantitative estimate of drug-likeness (QED) is 0.940. The Bertz CT molecular complexity index is 614. The molecule has 116 valence electrons. The Balaban J connectivity index is 1.59. The van der Waals surface area contributed by atoms with Gasteiger partial charge in [-0.1, -0.05) is 6.07 Å². The van der Waals surface area contributed by atoms with E-state index in [2.05, 4.69) is 39.2 Å². The van der Waals surface area contributed by atoms with Gasteiger partial charge in [0.25, 0.3) is 0 Å². The lowest BCUT2D eigenvalue weighted by molar-refractivity contribution is 0.0529. The molecule has 1 unspecified atom stereocenters. The molecule has 0 aliphatic carbocycles. The molecule has 0 bridgehead atoms. The molecule has 0 amide bonds. The molecule has 1 atom stereocenters. The molecule has 1 fully saturated rings. The third-order valence-corrected chi connectivity index (χ3v) is 3.77. The monoisotopic (exact) mass is 298 g/mol. The number of nitrogens with one attached hydrogen (secondary N) is 1. The maximum Gasteiger partial charge on any atom is 0.128 e. The van der Waals surface area contributed by atoms with Gasteiger partial charge in [-0.15, -0.1) is 0 Å². The maximum atomic E-state index is 5.57. The van der Waals surface area contributed by atoms with E-state index >= 15 is 0 Å². The molecular formula is C17H22N4O. The summed E-state index contributed by atoms with van der Waals surface area (Å²) >= 11 is 0. The Morgan fingerprint density at radius 2 is 2.23 bits per heavy atom. The van der Waals surface area contributed by atoms with Gasteiger partial charge in [-0.05, 0) is 37.6 Å². The Hall–Kier alpha value is -2.14. The highest BCUT2D eigenvalue weighted by molar-refractivity contribution is 5.44. The van der Waals surface area contributed by atoms with E-state index in [4.69, 9.17) is 4.74 Å². The Morgan fingerprint density at radius 3 is 2.95 bits per heavy atom. The van der Waals surface area contributed by atoms with Crippen molar-refractivity contribution < 1.29 is 4.74 Å². The Kier molecular flexibility index (Phi) is 4.53. The zero-order chi connectivity index (χ0) is 15.4. The van der Waals surface area contributed by atoms with Crippen molar-refractivity contribution in [2.24, 2.45) is 0 Å². The normalized spacial score (nSPS) is 18.3. The summed E-state index contributed by atoms with van der Waals surface area (Å²) in [5.74, 6) is 1.03. The number of rotatable bonds is 4. The predicted molar refractivity (Wildman–Crippen MR) is 88.2 cm³/mol. The molecule has 5 heteroatoms. The number of pyridine rings is 2. The predicted octanol–water partition coefficient (Wildman–Crippen LogP) is 2.62. The second kappa shape index (κ2) is 6.75. The van der Waals surface area contributed by atoms with Gasteiger partial charge in [0.15, 0.2) is 0 Å². The van der Waals surface area contributed by atoms with Gasteiger partial charge in [0.2, 0.25) is 0 Å². The molecule has 2 aromatic heterocycles. The summed E-state index contributed by atoms with van der Waals surface area (Å²) in [7, 11) is 0. The summed E-state index contributed by atoms with van der Waals surface area (Å²) in [6.07, 6.45) is 4.03. The van der Waals surface area contributed by atoms with E-state index in [1.807, 2.05) is 31.5 Å². The SMILES string of the molecule is Cc1cc(NCc2ccc(N3CCOC(C)C3)nc2)ccn1. The van der Waals surface area contributed by atoms with Crippen LogP contribution in [0.3, 0.4) is 0 Å². The van der Waals surface area contributed by atoms with Crippen LogP contribution in [0.1, 0.15) is 18.2 Å². The van der Waals surface area contributed by atoms with E-state index < -0.39 is 0 Å². The minimum absolute atomic E-state index is 0.270. The highest BCUT2D eigenvalue weighted by Gasteiger charge is 2.17. The van der Waals surface area contributed by atoms with Crippen LogP contribution in [0, 0.1) is 6.92 Å². The molecule has 0 radical (unpaired) electrons. The summed E-state index contributed by atoms with van der Waals surface area (Å²) in [6.45, 7) is 7.43. The summed E-state index contributed by atoms with van der Waals surface area (Å²) in [6, 6.07) is 8.23. The van der Waals surface area contributed by atoms with Gasteiger partial charge >= 0.3 is 0 Å². The largest absolute Gasteiger partial charge is 0.381 e. The minimum Gasteiger partial charge on any atom is -0.381 e. The number of hydrogen-bond donors (Lipinski definition) is 1. The molecule has 0 saturated carbocycles. The van der Waals surface area contributed by atoms with Crippen LogP contribution in [-0.4, -0.2) is 35.8 Å². The molecule has 3 heterocycles. The summed E-state index contributed by atoms with van der Waals surface area (Å²) in [4.78, 5) is 11.1. The van der Waals surface area contributed by atoms with Gasteiger partial charge in [0, 0.05) is 43.4 Å². The zero-order valence-corrected chi connectivity index (χ0v) is 13.1. The topological polar surface area (TPSA) is 50.3 Å². The molecule has 1 N–H and O–H groups in total. The fourth-order valence-electron chi connectivity index (χ4n) is 2.59. The number of nitrogens with zero attached hydrogens (tertiary/aromatic N) is 3. The molecular weight excluding hydrogens is 276 g/mol. The van der Waals surface area contributed by atoms with Crippen molar-refractivity contribution in [1.29, 1.82) is 0 Å². The summed E-state index contributed by atoms with van der Waals surface area (Å²) < 4.78 is 5.57. The average Bonchev–Trinajstić information content (AvgIpc) is 2.54. The van der Waals surface area contributed by atoms with Gasteiger partial charge in [0.05, 0.1) is 12.7 Å². The third kappa shape index (κ3) is 3.74. The molecule has 0 spiro atoms. The van der Waals surface area contributed by atoms with Gasteiger partial charge < -0.3 is 15.0 Å². The first kappa shape index (κ1) is 14.8. The Morgan fingerprint density at radius 1 is 1.32 bits per heavy atom. The van der Waals surface area contributed by atoms with Crippen LogP contribution in [0.15, 0.2) is 36.7 Å². The molecule has 22 heavy (non-hydrogen) atoms. The second-order valence-corrected chi connectivity index (χ2v) is 5.69. The standard InChI is InChI=1S/C17H22N4O/c1-13-9-16(5-6-18-13)19-10-15-3-4-17(20-11-15)21-7-8-22-14(2)12-21/h3-6,9,11,14H,7-8,10,12H2,1-2H3,(H,18,19). The molecule has 5 nitrogen and oxygen atoms in total. The van der Waals surface area contributed by atoms with Gasteiger partial charge in [-0.2, -0.15) is 0 Å². The maximum absolute atomic E-state index is 5.57. The first-order valence-electron chi connectivity index (χ1n) is 7.69. The fraction of sp³-hybridized carbons (Fsp3) is 0.412. The number of ether oxygens (including phenoxy) is 1. The molecule has 0 aromatic carbocycles. The zero-order valence-electron chi connectivity index (χ0n) is 13.1. The van der Waals surface area contributed by atoms with E-state index in [9.17, 15) is 0 Å². The van der Waals surface area contributed by atoms with Crippen molar-refractivity contribution in [3.8, 4) is 0 Å². The van der Waals surface area contributed by atoms with Crippen LogP contribution < -0.4 is 10.2 Å². The molecule has 2 aromatic rings. The van der Waals surface area contributed by atoms with Crippen molar-refractivity contribution in [2.75, 3.05) is 29.9 Å². The molecule has 1 saturated heterocycles. The van der Waals surface area contributed by atoms with Crippen molar-refractivity contribution in [2.45, 2.75) is 26.5 Å². The second-order valence-electron chi connectivity index (χ2n) is 5.69. The molecule has 1 aliphatic heterocycles. The average molecular weight is 298 g/mol. The minimum atomic E-state index is 0.270. The van der Waals surface area contributed by atoms with E-state index in [1.165, 1.54) is 5.56 Å². The van der Waals surface area contributed by atoms with E-state index in [1.54, 1.807) is 0 Å². The van der Waals surface area contributed by atoms with Crippen molar-refractivity contribution in [1.82, 2.24) is 9.97 Å². The van der Waals surface area contributed by atoms with E-state index in [0.717, 1.165) is 43.4 Å². The fourth-order valence-corrected chi connectivity index (χ4v) is 2.59. The van der Waals surface area contributed by atoms with Crippen LogP contribution in [0.2, 0.25) is 0 Å². The van der Waals surface area contributed by atoms with Gasteiger partial charge in [0.1, 0.15) is 5.82 Å². The summed E-state index contributed by atoms with van der Waals surface area (Å²) in [5.41, 5.74) is 3.26. The van der Waals surface area contributed by atoms with Crippen LogP contribution in [0.4, 0.5) is 11.5 Å². The number of morpholine rings is 1. The van der Waals surface area contributed by atoms with Gasteiger partial charge in [-0.3, -0.25) is 4.98 Å². The van der Waals surface area contributed by atoms with Crippen LogP contribution >= 0.6 is 0 Å². The highest BCUT2D eigenvalue weighted by atomic mass is 16.5. The lowest BCUT2D eigenvalue weighted by Gasteiger charge is -2.32. The van der Waals surface area contributed by atoms with E-state index in [0.29, 0.717) is 0 Å². The Labute approximate surface area is 131 Å².